The first-order valence-electron chi connectivity index (χ1n) is 3.45. The standard InChI is InChI=1S/C8H6BrIO2/c9-3-5-1-7-8(2-6(5)10)12-4-11-7/h1-2H,3-4H2. The summed E-state index contributed by atoms with van der Waals surface area (Å²) in [5.74, 6) is 1.70. The smallest absolute Gasteiger partial charge is 0.231 e. The van der Waals surface area contributed by atoms with Crippen molar-refractivity contribution in [2.75, 3.05) is 6.79 Å². The summed E-state index contributed by atoms with van der Waals surface area (Å²) < 4.78 is 11.7. The first-order valence-corrected chi connectivity index (χ1v) is 5.65. The van der Waals surface area contributed by atoms with Gasteiger partial charge in [0.15, 0.2) is 11.5 Å². The van der Waals surface area contributed by atoms with Crippen molar-refractivity contribution < 1.29 is 9.47 Å². The van der Waals surface area contributed by atoms with Gasteiger partial charge in [0.05, 0.1) is 0 Å². The van der Waals surface area contributed by atoms with Crippen LogP contribution in [0, 0.1) is 3.57 Å². The first-order chi connectivity index (χ1) is 5.81. The maximum absolute atomic E-state index is 5.25. The molecule has 4 heteroatoms. The van der Waals surface area contributed by atoms with E-state index in [0.717, 1.165) is 16.8 Å². The van der Waals surface area contributed by atoms with Gasteiger partial charge in [0.25, 0.3) is 0 Å². The molecule has 0 saturated heterocycles. The molecule has 0 spiro atoms. The SMILES string of the molecule is BrCc1cc2c(cc1I)OCO2. The highest BCUT2D eigenvalue weighted by atomic mass is 127. The summed E-state index contributed by atoms with van der Waals surface area (Å²) in [6.45, 7) is 0.344. The van der Waals surface area contributed by atoms with Gasteiger partial charge in [-0.2, -0.15) is 0 Å². The Morgan fingerprint density at radius 1 is 1.33 bits per heavy atom. The zero-order valence-electron chi connectivity index (χ0n) is 6.14. The molecule has 0 aromatic heterocycles. The van der Waals surface area contributed by atoms with Gasteiger partial charge in [-0.25, -0.2) is 0 Å². The van der Waals surface area contributed by atoms with Crippen LogP contribution in [0.4, 0.5) is 0 Å². The Morgan fingerprint density at radius 3 is 2.67 bits per heavy atom. The van der Waals surface area contributed by atoms with E-state index in [1.54, 1.807) is 0 Å². The maximum Gasteiger partial charge on any atom is 0.231 e. The lowest BCUT2D eigenvalue weighted by Crippen LogP contribution is -1.92. The van der Waals surface area contributed by atoms with Crippen LogP contribution in [0.15, 0.2) is 12.1 Å². The van der Waals surface area contributed by atoms with E-state index in [2.05, 4.69) is 38.5 Å². The van der Waals surface area contributed by atoms with Crippen molar-refractivity contribution in [1.29, 1.82) is 0 Å². The molecule has 12 heavy (non-hydrogen) atoms. The number of benzene rings is 1. The molecule has 0 bridgehead atoms. The minimum atomic E-state index is 0.344. The molecule has 0 amide bonds. The molecule has 1 aliphatic heterocycles. The summed E-state index contributed by atoms with van der Waals surface area (Å²) in [5.41, 5.74) is 1.24. The van der Waals surface area contributed by atoms with E-state index in [0.29, 0.717) is 6.79 Å². The van der Waals surface area contributed by atoms with E-state index >= 15 is 0 Å². The second-order valence-electron chi connectivity index (χ2n) is 2.43. The van der Waals surface area contributed by atoms with E-state index in [1.165, 1.54) is 9.13 Å². The fraction of sp³-hybridized carbons (Fsp3) is 0.250. The van der Waals surface area contributed by atoms with E-state index in [-0.39, 0.29) is 0 Å². The van der Waals surface area contributed by atoms with Gasteiger partial charge in [0, 0.05) is 8.90 Å². The predicted molar refractivity (Wildman–Crippen MR) is 57.9 cm³/mol. The van der Waals surface area contributed by atoms with E-state index in [4.69, 9.17) is 9.47 Å². The molecule has 1 aromatic rings. The second kappa shape index (κ2) is 3.41. The molecule has 0 N–H and O–H groups in total. The Bertz CT molecular complexity index is 313. The molecule has 0 atom stereocenters. The molecule has 0 unspecified atom stereocenters. The maximum atomic E-state index is 5.25. The van der Waals surface area contributed by atoms with Crippen LogP contribution in [-0.2, 0) is 5.33 Å². The first kappa shape index (κ1) is 8.62. The molecule has 1 aliphatic rings. The normalized spacial score (nSPS) is 13.5. The number of alkyl halides is 1. The van der Waals surface area contributed by atoms with Gasteiger partial charge in [-0.1, -0.05) is 15.9 Å². The van der Waals surface area contributed by atoms with Gasteiger partial charge < -0.3 is 9.47 Å². The molecule has 2 rings (SSSR count). The number of hydrogen-bond donors (Lipinski definition) is 0. The van der Waals surface area contributed by atoms with Crippen LogP contribution >= 0.6 is 38.5 Å². The topological polar surface area (TPSA) is 18.5 Å². The summed E-state index contributed by atoms with van der Waals surface area (Å²) in [4.78, 5) is 0. The molecule has 0 saturated carbocycles. The summed E-state index contributed by atoms with van der Waals surface area (Å²) in [5, 5.41) is 0.849. The van der Waals surface area contributed by atoms with Crippen molar-refractivity contribution in [1.82, 2.24) is 0 Å². The van der Waals surface area contributed by atoms with Crippen LogP contribution in [0.3, 0.4) is 0 Å². The zero-order valence-corrected chi connectivity index (χ0v) is 9.88. The van der Waals surface area contributed by atoms with E-state index in [9.17, 15) is 0 Å². The van der Waals surface area contributed by atoms with Crippen LogP contribution < -0.4 is 9.47 Å². The van der Waals surface area contributed by atoms with Gasteiger partial charge >= 0.3 is 0 Å². The van der Waals surface area contributed by atoms with Crippen LogP contribution in [0.5, 0.6) is 11.5 Å². The average Bonchev–Trinajstić information content (AvgIpc) is 2.49. The molecule has 1 heterocycles. The third-order valence-electron chi connectivity index (χ3n) is 1.69. The second-order valence-corrected chi connectivity index (χ2v) is 4.15. The Balaban J connectivity index is 2.49. The highest BCUT2D eigenvalue weighted by molar-refractivity contribution is 14.1. The fourth-order valence-corrected chi connectivity index (χ4v) is 2.68. The summed E-state index contributed by atoms with van der Waals surface area (Å²) in [6.07, 6.45) is 0. The highest BCUT2D eigenvalue weighted by Crippen LogP contribution is 2.35. The molecule has 1 aromatic carbocycles. The van der Waals surface area contributed by atoms with Crippen LogP contribution in [0.1, 0.15) is 5.56 Å². The molecular weight excluding hydrogens is 335 g/mol. The molecule has 0 aliphatic carbocycles. The predicted octanol–water partition coefficient (Wildman–Crippen LogP) is 2.91. The lowest BCUT2D eigenvalue weighted by molar-refractivity contribution is 0.174. The van der Waals surface area contributed by atoms with Gasteiger partial charge in [-0.15, -0.1) is 0 Å². The number of halogens is 2. The summed E-state index contributed by atoms with van der Waals surface area (Å²) in [7, 11) is 0. The van der Waals surface area contributed by atoms with Crippen molar-refractivity contribution in [3.05, 3.63) is 21.3 Å². The lowest BCUT2D eigenvalue weighted by atomic mass is 10.2. The molecule has 64 valence electrons. The number of hydrogen-bond acceptors (Lipinski definition) is 2. The Kier molecular flexibility index (Phi) is 2.45. The largest absolute Gasteiger partial charge is 0.454 e. The van der Waals surface area contributed by atoms with Crippen molar-refractivity contribution in [3.8, 4) is 11.5 Å². The molecule has 0 fully saturated rings. The number of fused-ring (bicyclic) bond motifs is 1. The van der Waals surface area contributed by atoms with Gasteiger partial charge in [0.1, 0.15) is 0 Å². The van der Waals surface area contributed by atoms with Crippen molar-refractivity contribution >= 4 is 38.5 Å². The third-order valence-corrected chi connectivity index (χ3v) is 3.29. The average molecular weight is 341 g/mol. The minimum Gasteiger partial charge on any atom is -0.454 e. The van der Waals surface area contributed by atoms with Crippen molar-refractivity contribution in [2.45, 2.75) is 5.33 Å². The van der Waals surface area contributed by atoms with Crippen LogP contribution in [0.25, 0.3) is 0 Å². The van der Waals surface area contributed by atoms with E-state index in [1.807, 2.05) is 12.1 Å². The summed E-state index contributed by atoms with van der Waals surface area (Å²) >= 11 is 5.70. The highest BCUT2D eigenvalue weighted by Gasteiger charge is 2.15. The monoisotopic (exact) mass is 340 g/mol. The van der Waals surface area contributed by atoms with Gasteiger partial charge in [-0.3, -0.25) is 0 Å². The van der Waals surface area contributed by atoms with E-state index < -0.39 is 0 Å². The Hall–Kier alpha value is 0.0300. The number of ether oxygens (including phenoxy) is 2. The Labute approximate surface area is 92.5 Å². The Morgan fingerprint density at radius 2 is 2.00 bits per heavy atom. The molecular formula is C8H6BrIO2. The van der Waals surface area contributed by atoms with Gasteiger partial charge in [-0.05, 0) is 40.3 Å². The van der Waals surface area contributed by atoms with Crippen LogP contribution in [0.2, 0.25) is 0 Å². The number of rotatable bonds is 1. The van der Waals surface area contributed by atoms with Crippen LogP contribution in [-0.4, -0.2) is 6.79 Å². The third kappa shape index (κ3) is 1.42. The fourth-order valence-electron chi connectivity index (χ4n) is 1.06. The minimum absolute atomic E-state index is 0.344. The van der Waals surface area contributed by atoms with Crippen molar-refractivity contribution in [2.24, 2.45) is 0 Å². The molecule has 0 radical (unpaired) electrons. The lowest BCUT2D eigenvalue weighted by Gasteiger charge is -2.01. The van der Waals surface area contributed by atoms with Crippen molar-refractivity contribution in [3.63, 3.8) is 0 Å². The zero-order chi connectivity index (χ0) is 8.55. The summed E-state index contributed by atoms with van der Waals surface area (Å²) in [6, 6.07) is 4.01. The molecule has 2 nitrogen and oxygen atoms in total. The quantitative estimate of drug-likeness (QED) is 0.578. The van der Waals surface area contributed by atoms with Gasteiger partial charge in [0.2, 0.25) is 6.79 Å².